The quantitative estimate of drug-likeness (QED) is 0.892. The van der Waals surface area contributed by atoms with Crippen LogP contribution < -0.4 is 9.47 Å². The van der Waals surface area contributed by atoms with Crippen molar-refractivity contribution in [2.24, 2.45) is 5.92 Å². The van der Waals surface area contributed by atoms with Gasteiger partial charge in [-0.15, -0.1) is 0 Å². The third-order valence-electron chi connectivity index (χ3n) is 3.35. The summed E-state index contributed by atoms with van der Waals surface area (Å²) in [4.78, 5) is 11.2. The molecule has 1 saturated carbocycles. The molecule has 98 valence electrons. The molecule has 1 aliphatic carbocycles. The van der Waals surface area contributed by atoms with E-state index in [9.17, 15) is 9.90 Å². The number of hydrogen-bond donors (Lipinski definition) is 1. The predicted octanol–water partition coefficient (Wildman–Crippen LogP) is 2.72. The molecule has 18 heavy (non-hydrogen) atoms. The Bertz CT molecular complexity index is 416. The Morgan fingerprint density at radius 1 is 1.28 bits per heavy atom. The maximum absolute atomic E-state index is 11.2. The van der Waals surface area contributed by atoms with Crippen molar-refractivity contribution in [2.75, 3.05) is 7.11 Å². The molecule has 2 atom stereocenters. The van der Waals surface area contributed by atoms with Crippen LogP contribution >= 0.6 is 0 Å². The van der Waals surface area contributed by atoms with Gasteiger partial charge in [0.15, 0.2) is 0 Å². The minimum atomic E-state index is -0.761. The van der Waals surface area contributed by atoms with E-state index >= 15 is 0 Å². The Morgan fingerprint density at radius 3 is 2.72 bits per heavy atom. The average Bonchev–Trinajstić information content (AvgIpc) is 2.39. The van der Waals surface area contributed by atoms with Crippen LogP contribution in [0.5, 0.6) is 11.5 Å². The van der Waals surface area contributed by atoms with Crippen LogP contribution in [0.1, 0.15) is 25.7 Å². The first kappa shape index (κ1) is 12.7. The zero-order valence-corrected chi connectivity index (χ0v) is 10.5. The van der Waals surface area contributed by atoms with Crippen LogP contribution in [0.25, 0.3) is 0 Å². The summed E-state index contributed by atoms with van der Waals surface area (Å²) in [5.41, 5.74) is 0. The number of hydrogen-bond acceptors (Lipinski definition) is 3. The normalized spacial score (nSPS) is 23.4. The Balaban J connectivity index is 2.08. The van der Waals surface area contributed by atoms with E-state index in [1.54, 1.807) is 13.2 Å². The third kappa shape index (κ3) is 2.94. The predicted molar refractivity (Wildman–Crippen MR) is 67.0 cm³/mol. The van der Waals surface area contributed by atoms with Crippen molar-refractivity contribution in [2.45, 2.75) is 31.8 Å². The highest BCUT2D eigenvalue weighted by atomic mass is 16.5. The summed E-state index contributed by atoms with van der Waals surface area (Å²) in [6, 6.07) is 7.29. The molecule has 0 heterocycles. The molecule has 0 aromatic heterocycles. The van der Waals surface area contributed by atoms with Gasteiger partial charge in [-0.05, 0) is 31.4 Å². The largest absolute Gasteiger partial charge is 0.497 e. The van der Waals surface area contributed by atoms with Gasteiger partial charge in [-0.3, -0.25) is 4.79 Å². The van der Waals surface area contributed by atoms with Crippen molar-refractivity contribution in [3.05, 3.63) is 24.3 Å². The summed E-state index contributed by atoms with van der Waals surface area (Å²) in [5, 5.41) is 9.18. The molecule has 1 aromatic carbocycles. The van der Waals surface area contributed by atoms with Gasteiger partial charge in [-0.25, -0.2) is 0 Å². The summed E-state index contributed by atoms with van der Waals surface area (Å²) in [5.74, 6) is 0.232. The molecule has 1 aromatic rings. The molecule has 2 unspecified atom stereocenters. The van der Waals surface area contributed by atoms with Gasteiger partial charge in [0, 0.05) is 6.07 Å². The molecule has 0 saturated heterocycles. The topological polar surface area (TPSA) is 55.8 Å². The zero-order chi connectivity index (χ0) is 13.0. The fraction of sp³-hybridized carbons (Fsp3) is 0.500. The number of ether oxygens (including phenoxy) is 2. The lowest BCUT2D eigenvalue weighted by atomic mass is 9.86. The summed E-state index contributed by atoms with van der Waals surface area (Å²) in [6.07, 6.45) is 3.26. The highest BCUT2D eigenvalue weighted by Gasteiger charge is 2.32. The molecule has 0 spiro atoms. The average molecular weight is 250 g/mol. The van der Waals surface area contributed by atoms with Gasteiger partial charge >= 0.3 is 5.97 Å². The first-order valence-corrected chi connectivity index (χ1v) is 6.24. The SMILES string of the molecule is COc1cccc(OC2CCCCC2C(=O)O)c1. The molecule has 1 aliphatic rings. The van der Waals surface area contributed by atoms with E-state index in [1.165, 1.54) is 0 Å². The molecule has 2 rings (SSSR count). The van der Waals surface area contributed by atoms with Crippen molar-refractivity contribution in [3.8, 4) is 11.5 Å². The number of carbonyl (C=O) groups is 1. The molecule has 1 fully saturated rings. The zero-order valence-electron chi connectivity index (χ0n) is 10.5. The standard InChI is InChI=1S/C14H18O4/c1-17-10-5-4-6-11(9-10)18-13-8-3-2-7-12(13)14(15)16/h4-6,9,12-13H,2-3,7-8H2,1H3,(H,15,16). The van der Waals surface area contributed by atoms with Crippen molar-refractivity contribution >= 4 is 5.97 Å². The van der Waals surface area contributed by atoms with Gasteiger partial charge < -0.3 is 14.6 Å². The highest BCUT2D eigenvalue weighted by molar-refractivity contribution is 5.70. The maximum atomic E-state index is 11.2. The molecule has 0 aliphatic heterocycles. The molecule has 1 N–H and O–H groups in total. The van der Waals surface area contributed by atoms with Crippen LogP contribution in [0.3, 0.4) is 0 Å². The van der Waals surface area contributed by atoms with E-state index in [1.807, 2.05) is 18.2 Å². The second kappa shape index (κ2) is 5.76. The molecule has 4 heteroatoms. The van der Waals surface area contributed by atoms with E-state index in [2.05, 4.69) is 0 Å². The molecular formula is C14H18O4. The van der Waals surface area contributed by atoms with E-state index in [0.717, 1.165) is 25.0 Å². The maximum Gasteiger partial charge on any atom is 0.310 e. The van der Waals surface area contributed by atoms with Gasteiger partial charge in [0.2, 0.25) is 0 Å². The lowest BCUT2D eigenvalue weighted by Crippen LogP contribution is -2.35. The molecule has 0 radical (unpaired) electrons. The van der Waals surface area contributed by atoms with Crippen molar-refractivity contribution in [1.82, 2.24) is 0 Å². The first-order valence-electron chi connectivity index (χ1n) is 6.24. The molecule has 0 bridgehead atoms. The number of benzene rings is 1. The fourth-order valence-electron chi connectivity index (χ4n) is 2.37. The number of carboxylic acids is 1. The monoisotopic (exact) mass is 250 g/mol. The van der Waals surface area contributed by atoms with Gasteiger partial charge in [-0.1, -0.05) is 12.5 Å². The van der Waals surface area contributed by atoms with Crippen molar-refractivity contribution in [1.29, 1.82) is 0 Å². The van der Waals surface area contributed by atoms with Gasteiger partial charge in [-0.2, -0.15) is 0 Å². The molecular weight excluding hydrogens is 232 g/mol. The van der Waals surface area contributed by atoms with Crippen LogP contribution in [0.15, 0.2) is 24.3 Å². The lowest BCUT2D eigenvalue weighted by molar-refractivity contribution is -0.146. The van der Waals surface area contributed by atoms with Crippen LogP contribution in [0.2, 0.25) is 0 Å². The van der Waals surface area contributed by atoms with E-state index in [-0.39, 0.29) is 6.10 Å². The fourth-order valence-corrected chi connectivity index (χ4v) is 2.37. The van der Waals surface area contributed by atoms with E-state index < -0.39 is 11.9 Å². The van der Waals surface area contributed by atoms with Crippen LogP contribution in [0.4, 0.5) is 0 Å². The van der Waals surface area contributed by atoms with Gasteiger partial charge in [0.05, 0.1) is 13.0 Å². The smallest absolute Gasteiger partial charge is 0.310 e. The number of rotatable bonds is 4. The van der Waals surface area contributed by atoms with Crippen LogP contribution in [-0.2, 0) is 4.79 Å². The third-order valence-corrected chi connectivity index (χ3v) is 3.35. The summed E-state index contributed by atoms with van der Waals surface area (Å²) in [6.45, 7) is 0. The van der Waals surface area contributed by atoms with Gasteiger partial charge in [0.1, 0.15) is 17.6 Å². The Kier molecular flexibility index (Phi) is 4.07. The van der Waals surface area contributed by atoms with Gasteiger partial charge in [0.25, 0.3) is 0 Å². The number of methoxy groups -OCH3 is 1. The number of aliphatic carboxylic acids is 1. The van der Waals surface area contributed by atoms with Crippen molar-refractivity contribution in [3.63, 3.8) is 0 Å². The Morgan fingerprint density at radius 2 is 2.00 bits per heavy atom. The van der Waals surface area contributed by atoms with Crippen molar-refractivity contribution < 1.29 is 19.4 Å². The second-order valence-electron chi connectivity index (χ2n) is 4.56. The first-order chi connectivity index (χ1) is 8.70. The summed E-state index contributed by atoms with van der Waals surface area (Å²) >= 11 is 0. The minimum Gasteiger partial charge on any atom is -0.497 e. The summed E-state index contributed by atoms with van der Waals surface area (Å²) in [7, 11) is 1.60. The minimum absolute atomic E-state index is 0.233. The second-order valence-corrected chi connectivity index (χ2v) is 4.56. The Labute approximate surface area is 107 Å². The molecule has 4 nitrogen and oxygen atoms in total. The highest BCUT2D eigenvalue weighted by Crippen LogP contribution is 2.29. The van der Waals surface area contributed by atoms with E-state index in [4.69, 9.17) is 9.47 Å². The van der Waals surface area contributed by atoms with Crippen LogP contribution in [0, 0.1) is 5.92 Å². The Hall–Kier alpha value is -1.71. The lowest BCUT2D eigenvalue weighted by Gasteiger charge is -2.29. The number of carboxylic acid groups (broad SMARTS) is 1. The molecule has 0 amide bonds. The van der Waals surface area contributed by atoms with Crippen LogP contribution in [-0.4, -0.2) is 24.3 Å². The van der Waals surface area contributed by atoms with E-state index in [0.29, 0.717) is 12.2 Å². The summed E-state index contributed by atoms with van der Waals surface area (Å²) < 4.78 is 10.9.